The quantitative estimate of drug-likeness (QED) is 0.618. The summed E-state index contributed by atoms with van der Waals surface area (Å²) in [6.45, 7) is 3.60. The van der Waals surface area contributed by atoms with Gasteiger partial charge in [0.25, 0.3) is 0 Å². The standard InChI is InChI=1S/C17H24N2O2/c20-16-9-13-19(14-10-16)12-4-11-18-17(21)8-7-15-5-2-1-3-6-15/h1-3,5-8,16,20H,4,9-14H2,(H,18,21). The summed E-state index contributed by atoms with van der Waals surface area (Å²) in [5, 5.41) is 12.3. The number of carbonyl (C=O) groups is 1. The fourth-order valence-corrected chi connectivity index (χ4v) is 2.45. The van der Waals surface area contributed by atoms with Gasteiger partial charge in [0, 0.05) is 25.7 Å². The van der Waals surface area contributed by atoms with Crippen LogP contribution in [0.2, 0.25) is 0 Å². The highest BCUT2D eigenvalue weighted by Gasteiger charge is 2.15. The average molecular weight is 288 g/mol. The highest BCUT2D eigenvalue weighted by molar-refractivity contribution is 5.91. The number of rotatable bonds is 6. The SMILES string of the molecule is O=C(C=Cc1ccccc1)NCCCN1CCC(O)CC1. The molecule has 1 fully saturated rings. The van der Waals surface area contributed by atoms with Crippen molar-refractivity contribution in [1.29, 1.82) is 0 Å². The molecule has 1 aromatic carbocycles. The van der Waals surface area contributed by atoms with Gasteiger partial charge in [-0.25, -0.2) is 0 Å². The molecule has 1 heterocycles. The van der Waals surface area contributed by atoms with Gasteiger partial charge in [-0.15, -0.1) is 0 Å². The van der Waals surface area contributed by atoms with Crippen LogP contribution in [0.25, 0.3) is 6.08 Å². The zero-order valence-corrected chi connectivity index (χ0v) is 12.4. The summed E-state index contributed by atoms with van der Waals surface area (Å²) in [7, 11) is 0. The maximum atomic E-state index is 11.7. The fourth-order valence-electron chi connectivity index (χ4n) is 2.45. The second kappa shape index (κ2) is 8.60. The van der Waals surface area contributed by atoms with Crippen LogP contribution in [0.15, 0.2) is 36.4 Å². The first-order chi connectivity index (χ1) is 10.2. The second-order valence-electron chi connectivity index (χ2n) is 5.46. The molecule has 1 aromatic rings. The first kappa shape index (κ1) is 15.7. The summed E-state index contributed by atoms with van der Waals surface area (Å²) in [5.74, 6) is -0.0482. The molecule has 0 radical (unpaired) electrons. The van der Waals surface area contributed by atoms with Crippen molar-refractivity contribution in [3.05, 3.63) is 42.0 Å². The molecule has 0 unspecified atom stereocenters. The summed E-state index contributed by atoms with van der Waals surface area (Å²) in [6.07, 6.45) is 5.96. The van der Waals surface area contributed by atoms with Gasteiger partial charge < -0.3 is 15.3 Å². The minimum atomic E-state index is -0.121. The molecule has 4 heteroatoms. The lowest BCUT2D eigenvalue weighted by molar-refractivity contribution is -0.116. The van der Waals surface area contributed by atoms with Crippen LogP contribution in [0.4, 0.5) is 0 Å². The lowest BCUT2D eigenvalue weighted by atomic mass is 10.1. The molecule has 1 saturated heterocycles. The summed E-state index contributed by atoms with van der Waals surface area (Å²) in [6, 6.07) is 9.79. The topological polar surface area (TPSA) is 52.6 Å². The van der Waals surface area contributed by atoms with E-state index in [1.807, 2.05) is 36.4 Å². The van der Waals surface area contributed by atoms with Gasteiger partial charge in [-0.2, -0.15) is 0 Å². The number of aliphatic hydroxyl groups is 1. The second-order valence-corrected chi connectivity index (χ2v) is 5.46. The molecule has 1 aliphatic rings. The third-order valence-corrected chi connectivity index (χ3v) is 3.73. The zero-order valence-electron chi connectivity index (χ0n) is 12.4. The Morgan fingerprint density at radius 3 is 2.71 bits per heavy atom. The Morgan fingerprint density at radius 2 is 2.00 bits per heavy atom. The molecule has 2 N–H and O–H groups in total. The van der Waals surface area contributed by atoms with Gasteiger partial charge in [-0.05, 0) is 37.4 Å². The Balaban J connectivity index is 1.58. The van der Waals surface area contributed by atoms with Gasteiger partial charge in [0.05, 0.1) is 6.10 Å². The van der Waals surface area contributed by atoms with E-state index in [4.69, 9.17) is 0 Å². The van der Waals surface area contributed by atoms with E-state index in [0.717, 1.165) is 44.5 Å². The maximum absolute atomic E-state index is 11.7. The van der Waals surface area contributed by atoms with Crippen LogP contribution < -0.4 is 5.32 Å². The molecule has 0 saturated carbocycles. The highest BCUT2D eigenvalue weighted by atomic mass is 16.3. The molecular weight excluding hydrogens is 264 g/mol. The number of nitrogens with one attached hydrogen (secondary N) is 1. The van der Waals surface area contributed by atoms with E-state index in [2.05, 4.69) is 10.2 Å². The van der Waals surface area contributed by atoms with E-state index >= 15 is 0 Å². The first-order valence-electron chi connectivity index (χ1n) is 7.65. The molecule has 21 heavy (non-hydrogen) atoms. The van der Waals surface area contributed by atoms with Crippen molar-refractivity contribution in [3.8, 4) is 0 Å². The van der Waals surface area contributed by atoms with Crippen LogP contribution in [0.1, 0.15) is 24.8 Å². The number of nitrogens with zero attached hydrogens (tertiary/aromatic N) is 1. The Hall–Kier alpha value is -1.65. The number of hydrogen-bond acceptors (Lipinski definition) is 3. The van der Waals surface area contributed by atoms with Gasteiger partial charge in [0.2, 0.25) is 5.91 Å². The van der Waals surface area contributed by atoms with Crippen LogP contribution in [0.5, 0.6) is 0 Å². The fraction of sp³-hybridized carbons (Fsp3) is 0.471. The molecule has 0 atom stereocenters. The van der Waals surface area contributed by atoms with E-state index in [9.17, 15) is 9.90 Å². The molecule has 0 bridgehead atoms. The summed E-state index contributed by atoms with van der Waals surface area (Å²) in [5.41, 5.74) is 1.03. The Labute approximate surface area is 126 Å². The third-order valence-electron chi connectivity index (χ3n) is 3.73. The van der Waals surface area contributed by atoms with E-state index in [0.29, 0.717) is 6.54 Å². The first-order valence-corrected chi connectivity index (χ1v) is 7.65. The van der Waals surface area contributed by atoms with Crippen molar-refractivity contribution >= 4 is 12.0 Å². The maximum Gasteiger partial charge on any atom is 0.243 e. The lowest BCUT2D eigenvalue weighted by Gasteiger charge is -2.29. The molecule has 2 rings (SSSR count). The molecular formula is C17H24N2O2. The van der Waals surface area contributed by atoms with Gasteiger partial charge in [0.1, 0.15) is 0 Å². The van der Waals surface area contributed by atoms with Crippen molar-refractivity contribution in [3.63, 3.8) is 0 Å². The highest BCUT2D eigenvalue weighted by Crippen LogP contribution is 2.09. The van der Waals surface area contributed by atoms with Crippen molar-refractivity contribution < 1.29 is 9.90 Å². The Bertz CT molecular complexity index is 451. The van der Waals surface area contributed by atoms with Gasteiger partial charge in [-0.1, -0.05) is 30.3 Å². The van der Waals surface area contributed by atoms with Crippen molar-refractivity contribution in [2.75, 3.05) is 26.2 Å². The van der Waals surface area contributed by atoms with E-state index in [1.54, 1.807) is 6.08 Å². The van der Waals surface area contributed by atoms with Crippen LogP contribution >= 0.6 is 0 Å². The number of carbonyl (C=O) groups excluding carboxylic acids is 1. The molecule has 0 aromatic heterocycles. The van der Waals surface area contributed by atoms with Gasteiger partial charge in [0.15, 0.2) is 0 Å². The average Bonchev–Trinajstić information content (AvgIpc) is 2.52. The van der Waals surface area contributed by atoms with E-state index < -0.39 is 0 Å². The zero-order chi connectivity index (χ0) is 14.9. The minimum absolute atomic E-state index is 0.0482. The molecule has 0 aliphatic carbocycles. The normalized spacial score (nSPS) is 17.2. The Kier molecular flexibility index (Phi) is 6.44. The predicted molar refractivity (Wildman–Crippen MR) is 84.8 cm³/mol. The van der Waals surface area contributed by atoms with Crippen LogP contribution in [-0.4, -0.2) is 48.2 Å². The molecule has 0 spiro atoms. The van der Waals surface area contributed by atoms with Crippen molar-refractivity contribution in [2.45, 2.75) is 25.4 Å². The van der Waals surface area contributed by atoms with Crippen LogP contribution in [0, 0.1) is 0 Å². The number of benzene rings is 1. The number of likely N-dealkylation sites (tertiary alicyclic amines) is 1. The number of aliphatic hydroxyl groups excluding tert-OH is 1. The summed E-state index contributed by atoms with van der Waals surface area (Å²) >= 11 is 0. The smallest absolute Gasteiger partial charge is 0.243 e. The molecule has 4 nitrogen and oxygen atoms in total. The number of hydrogen-bond donors (Lipinski definition) is 2. The largest absolute Gasteiger partial charge is 0.393 e. The summed E-state index contributed by atoms with van der Waals surface area (Å²) < 4.78 is 0. The third kappa shape index (κ3) is 6.10. The minimum Gasteiger partial charge on any atom is -0.393 e. The van der Waals surface area contributed by atoms with Gasteiger partial charge in [-0.3, -0.25) is 4.79 Å². The molecule has 1 aliphatic heterocycles. The molecule has 1 amide bonds. The Morgan fingerprint density at radius 1 is 1.29 bits per heavy atom. The predicted octanol–water partition coefficient (Wildman–Crippen LogP) is 1.66. The van der Waals surface area contributed by atoms with Crippen molar-refractivity contribution in [1.82, 2.24) is 10.2 Å². The van der Waals surface area contributed by atoms with Crippen molar-refractivity contribution in [2.24, 2.45) is 0 Å². The lowest BCUT2D eigenvalue weighted by Crippen LogP contribution is -2.37. The molecule has 114 valence electrons. The van der Waals surface area contributed by atoms with Crippen LogP contribution in [0.3, 0.4) is 0 Å². The number of amides is 1. The van der Waals surface area contributed by atoms with Gasteiger partial charge >= 0.3 is 0 Å². The van der Waals surface area contributed by atoms with E-state index in [1.165, 1.54) is 0 Å². The number of piperidine rings is 1. The van der Waals surface area contributed by atoms with E-state index in [-0.39, 0.29) is 12.0 Å². The van der Waals surface area contributed by atoms with Crippen LogP contribution in [-0.2, 0) is 4.79 Å². The monoisotopic (exact) mass is 288 g/mol. The summed E-state index contributed by atoms with van der Waals surface area (Å²) in [4.78, 5) is 14.0.